The highest BCUT2D eigenvalue weighted by Gasteiger charge is 2.85. The molecule has 0 amide bonds. The highest BCUT2D eigenvalue weighted by atomic mass is 35.5. The highest BCUT2D eigenvalue weighted by molar-refractivity contribution is 6.28. The monoisotopic (exact) mass is 210 g/mol. The predicted molar refractivity (Wildman–Crippen MR) is 55.4 cm³/mol. The maximum Gasteiger partial charge on any atom is 0.0966 e. The molecule has 14 heavy (non-hydrogen) atoms. The van der Waals surface area contributed by atoms with Crippen molar-refractivity contribution in [3.8, 4) is 0 Å². The molecule has 5 atom stereocenters. The molecule has 0 unspecified atom stereocenters. The molecule has 2 aliphatic carbocycles. The summed E-state index contributed by atoms with van der Waals surface area (Å²) in [7, 11) is 0. The molecule has 2 heteroatoms. The molecule has 0 radical (unpaired) electrons. The van der Waals surface area contributed by atoms with E-state index < -0.39 is 0 Å². The molecule has 4 rings (SSSR count). The summed E-state index contributed by atoms with van der Waals surface area (Å²) in [6.45, 7) is 0. The van der Waals surface area contributed by atoms with Crippen LogP contribution < -0.4 is 0 Å². The summed E-state index contributed by atoms with van der Waals surface area (Å²) < 4.78 is 5.91. The smallest absolute Gasteiger partial charge is 0.0966 e. The van der Waals surface area contributed by atoms with E-state index >= 15 is 0 Å². The molecule has 0 aromatic rings. The van der Waals surface area contributed by atoms with Crippen LogP contribution in [0.15, 0.2) is 12.2 Å². The maximum absolute atomic E-state index is 6.80. The van der Waals surface area contributed by atoms with Gasteiger partial charge in [-0.15, -0.1) is 11.6 Å². The van der Waals surface area contributed by atoms with Crippen LogP contribution in [0.25, 0.3) is 0 Å². The number of rotatable bonds is 0. The van der Waals surface area contributed by atoms with E-state index in [1.165, 1.54) is 32.1 Å². The lowest BCUT2D eigenvalue weighted by Gasteiger charge is -2.19. The van der Waals surface area contributed by atoms with E-state index in [1.54, 1.807) is 0 Å². The molecule has 0 aromatic heterocycles. The largest absolute Gasteiger partial charge is 0.364 e. The van der Waals surface area contributed by atoms with Crippen LogP contribution in [0.3, 0.4) is 0 Å². The van der Waals surface area contributed by atoms with Gasteiger partial charge in [0.15, 0.2) is 0 Å². The van der Waals surface area contributed by atoms with Crippen molar-refractivity contribution in [3.05, 3.63) is 12.2 Å². The average Bonchev–Trinajstić information content (AvgIpc) is 2.45. The summed E-state index contributed by atoms with van der Waals surface area (Å²) in [5, 5.41) is 0. The number of alkyl halides is 1. The van der Waals surface area contributed by atoms with Crippen molar-refractivity contribution >= 4 is 11.6 Å². The Balaban J connectivity index is 1.81. The Kier molecular flexibility index (Phi) is 1.30. The Hall–Kier alpha value is -0.0100. The quantitative estimate of drug-likeness (QED) is 0.441. The van der Waals surface area contributed by atoms with Crippen molar-refractivity contribution in [1.29, 1.82) is 0 Å². The van der Waals surface area contributed by atoms with E-state index in [2.05, 4.69) is 12.2 Å². The van der Waals surface area contributed by atoms with Gasteiger partial charge in [-0.25, -0.2) is 0 Å². The first-order valence-corrected chi connectivity index (χ1v) is 6.20. The Morgan fingerprint density at radius 1 is 1.14 bits per heavy atom. The fourth-order valence-electron chi connectivity index (χ4n) is 4.41. The van der Waals surface area contributed by atoms with E-state index in [-0.39, 0.29) is 11.0 Å². The summed E-state index contributed by atoms with van der Waals surface area (Å²) in [6.07, 6.45) is 11.8. The first kappa shape index (κ1) is 8.18. The van der Waals surface area contributed by atoms with E-state index in [9.17, 15) is 0 Å². The number of hydrogen-bond acceptors (Lipinski definition) is 1. The minimum atomic E-state index is 0.00678. The summed E-state index contributed by atoms with van der Waals surface area (Å²) >= 11 is 6.80. The van der Waals surface area contributed by atoms with E-state index in [0.29, 0.717) is 11.5 Å². The minimum absolute atomic E-state index is 0.00678. The van der Waals surface area contributed by atoms with Crippen LogP contribution in [0, 0.1) is 11.3 Å². The van der Waals surface area contributed by atoms with Gasteiger partial charge in [-0.3, -0.25) is 0 Å². The van der Waals surface area contributed by atoms with E-state index in [1.807, 2.05) is 0 Å². The van der Waals surface area contributed by atoms with Crippen LogP contribution in [-0.2, 0) is 4.74 Å². The zero-order chi connectivity index (χ0) is 9.39. The van der Waals surface area contributed by atoms with Crippen molar-refractivity contribution in [1.82, 2.24) is 0 Å². The van der Waals surface area contributed by atoms with Crippen molar-refractivity contribution in [2.45, 2.75) is 49.2 Å². The van der Waals surface area contributed by atoms with Crippen LogP contribution in [0.1, 0.15) is 32.1 Å². The number of hydrogen-bond donors (Lipinski definition) is 0. The summed E-state index contributed by atoms with van der Waals surface area (Å²) in [4.78, 5) is 0.00678. The molecule has 2 saturated carbocycles. The van der Waals surface area contributed by atoms with Gasteiger partial charge in [-0.05, 0) is 18.8 Å². The van der Waals surface area contributed by atoms with Gasteiger partial charge < -0.3 is 4.74 Å². The van der Waals surface area contributed by atoms with Crippen LogP contribution in [-0.4, -0.2) is 17.1 Å². The van der Waals surface area contributed by atoms with Gasteiger partial charge in [0, 0.05) is 5.41 Å². The molecular formula is C12H15ClO. The predicted octanol–water partition coefficient (Wildman–Crippen LogP) is 2.88. The van der Waals surface area contributed by atoms with Gasteiger partial charge in [0.05, 0.1) is 17.1 Å². The Morgan fingerprint density at radius 3 is 2.93 bits per heavy atom. The Labute approximate surface area is 89.5 Å². The second kappa shape index (κ2) is 2.22. The molecule has 1 nitrogen and oxygen atoms in total. The lowest BCUT2D eigenvalue weighted by atomic mass is 9.87. The van der Waals surface area contributed by atoms with E-state index in [4.69, 9.17) is 16.3 Å². The molecule has 2 bridgehead atoms. The summed E-state index contributed by atoms with van der Waals surface area (Å²) in [6, 6.07) is 0. The van der Waals surface area contributed by atoms with Gasteiger partial charge in [-0.1, -0.05) is 31.4 Å². The molecule has 76 valence electrons. The van der Waals surface area contributed by atoms with Crippen LogP contribution in [0.2, 0.25) is 0 Å². The lowest BCUT2D eigenvalue weighted by molar-refractivity contribution is 0.0549. The van der Waals surface area contributed by atoms with Crippen molar-refractivity contribution < 1.29 is 4.74 Å². The summed E-state index contributed by atoms with van der Waals surface area (Å²) in [5.74, 6) is 0.748. The topological polar surface area (TPSA) is 9.23 Å². The second-order valence-corrected chi connectivity index (χ2v) is 5.95. The van der Waals surface area contributed by atoms with Crippen LogP contribution >= 0.6 is 11.6 Å². The van der Waals surface area contributed by atoms with Crippen LogP contribution in [0.4, 0.5) is 0 Å². The first-order chi connectivity index (χ1) is 6.80. The first-order valence-electron chi connectivity index (χ1n) is 5.83. The zero-order valence-electron chi connectivity index (χ0n) is 8.21. The summed E-state index contributed by atoms with van der Waals surface area (Å²) in [5.41, 5.74) is 0.352. The Morgan fingerprint density at radius 2 is 2.00 bits per heavy atom. The van der Waals surface area contributed by atoms with Gasteiger partial charge in [0.2, 0.25) is 0 Å². The molecular weight excluding hydrogens is 196 g/mol. The fourth-order valence-corrected chi connectivity index (χ4v) is 5.11. The third-order valence-electron chi connectivity index (χ3n) is 5.02. The molecule has 4 aliphatic rings. The fraction of sp³-hybridized carbons (Fsp3) is 0.833. The Bertz CT molecular complexity index is 326. The highest BCUT2D eigenvalue weighted by Crippen LogP contribution is 2.80. The van der Waals surface area contributed by atoms with Crippen molar-refractivity contribution in [2.75, 3.05) is 0 Å². The molecule has 1 saturated heterocycles. The SMILES string of the molecule is Cl[C@@]12[C@H]3CCCCC[C@]31[C@@H]1C=C[C@H]2O1. The minimum Gasteiger partial charge on any atom is -0.364 e. The van der Waals surface area contributed by atoms with Crippen molar-refractivity contribution in [3.63, 3.8) is 0 Å². The lowest BCUT2D eigenvalue weighted by Crippen LogP contribution is -2.24. The molecule has 3 fully saturated rings. The van der Waals surface area contributed by atoms with Crippen LogP contribution in [0.5, 0.6) is 0 Å². The third-order valence-corrected chi connectivity index (χ3v) is 5.85. The molecule has 2 aliphatic heterocycles. The normalized spacial score (nSPS) is 63.4. The molecule has 1 spiro atoms. The third kappa shape index (κ3) is 0.603. The van der Waals surface area contributed by atoms with Gasteiger partial charge in [0.1, 0.15) is 0 Å². The van der Waals surface area contributed by atoms with E-state index in [0.717, 1.165) is 5.92 Å². The molecule has 0 N–H and O–H groups in total. The second-order valence-electron chi connectivity index (χ2n) is 5.32. The molecule has 0 aromatic carbocycles. The zero-order valence-corrected chi connectivity index (χ0v) is 8.96. The maximum atomic E-state index is 6.80. The van der Waals surface area contributed by atoms with Crippen molar-refractivity contribution in [2.24, 2.45) is 11.3 Å². The molecule has 2 heterocycles. The van der Waals surface area contributed by atoms with Gasteiger partial charge >= 0.3 is 0 Å². The number of halogens is 1. The van der Waals surface area contributed by atoms with Gasteiger partial charge in [-0.2, -0.15) is 0 Å². The van der Waals surface area contributed by atoms with Gasteiger partial charge in [0.25, 0.3) is 0 Å². The number of ether oxygens (including phenoxy) is 1. The number of fused-ring (bicyclic) bond motifs is 4. The standard InChI is InChI=1S/C12H15ClO/c13-12-8-4-2-1-3-7-11(8,12)9-5-6-10(12)14-9/h5-6,8-10H,1-4,7H2/t8-,9-,10+,11+,12+/m0/s1. The average molecular weight is 211 g/mol.